The van der Waals surface area contributed by atoms with Crippen molar-refractivity contribution in [2.24, 2.45) is 0 Å². The fourth-order valence-corrected chi connectivity index (χ4v) is 12.7. The van der Waals surface area contributed by atoms with Crippen LogP contribution in [-0.4, -0.2) is 27.4 Å². The largest absolute Gasteiger partial charge is 0.499 e. The summed E-state index contributed by atoms with van der Waals surface area (Å²) in [5.74, 6) is 3.35. The number of hydrogen-bond donors (Lipinski definition) is 0. The zero-order valence-corrected chi connectivity index (χ0v) is 54.1. The highest BCUT2D eigenvalue weighted by atomic mass is 16.5. The zero-order chi connectivity index (χ0) is 64.3. The van der Waals surface area contributed by atoms with Crippen molar-refractivity contribution in [3.63, 3.8) is 0 Å². The molecular formula is C86H76N4O4. The molecule has 0 saturated heterocycles. The second-order valence-corrected chi connectivity index (χ2v) is 23.3. The first kappa shape index (κ1) is 61.4. The highest BCUT2D eigenvalue weighted by Crippen LogP contribution is 2.44. The van der Waals surface area contributed by atoms with Crippen molar-refractivity contribution >= 4 is 84.0 Å². The number of ether oxygens (including phenoxy) is 4. The molecule has 0 aromatic heterocycles. The van der Waals surface area contributed by atoms with Crippen LogP contribution < -0.4 is 33.8 Å². The molecule has 0 spiro atoms. The van der Waals surface area contributed by atoms with Crippen molar-refractivity contribution in [2.45, 2.75) is 40.5 Å². The van der Waals surface area contributed by atoms with Gasteiger partial charge in [-0.15, -0.1) is 0 Å². The molecular weight excluding hydrogens is 1150 g/mol. The fourth-order valence-electron chi connectivity index (χ4n) is 12.7. The van der Waals surface area contributed by atoms with Gasteiger partial charge in [-0.3, -0.25) is 0 Å². The van der Waals surface area contributed by atoms with Gasteiger partial charge in [0.25, 0.3) is 0 Å². The lowest BCUT2D eigenvalue weighted by molar-refractivity contribution is 0.231. The van der Waals surface area contributed by atoms with Crippen molar-refractivity contribution in [3.05, 3.63) is 326 Å². The summed E-state index contributed by atoms with van der Waals surface area (Å²) >= 11 is 0. The molecule has 8 nitrogen and oxygen atoms in total. The molecule has 12 aromatic rings. The molecule has 0 aliphatic heterocycles. The van der Waals surface area contributed by atoms with Gasteiger partial charge >= 0.3 is 0 Å². The van der Waals surface area contributed by atoms with Gasteiger partial charge in [-0.1, -0.05) is 140 Å². The molecule has 0 bridgehead atoms. The smallest absolute Gasteiger partial charge is 0.119 e. The molecule has 0 atom stereocenters. The summed E-state index contributed by atoms with van der Waals surface area (Å²) in [5, 5.41) is 4.80. The predicted octanol–water partition coefficient (Wildman–Crippen LogP) is 23.6. The summed E-state index contributed by atoms with van der Waals surface area (Å²) in [6, 6.07) is 99.5. The lowest BCUT2D eigenvalue weighted by Gasteiger charge is -2.31. The van der Waals surface area contributed by atoms with Gasteiger partial charge in [0.05, 0.1) is 44.6 Å². The van der Waals surface area contributed by atoms with Crippen molar-refractivity contribution in [1.82, 2.24) is 0 Å². The van der Waals surface area contributed by atoms with Crippen LogP contribution >= 0.6 is 0 Å². The molecule has 0 saturated carbocycles. The SMILES string of the molecule is CCOC(C)=CC=C(C)N(C1=CC=C(c2ccc(N(c3ccc(OC)cc3)c3ccc(-c4ccc(N(c5ccc(OC)cc5)c5ccc(-c6ccc(N(c7ccc(OCC)cc7)c7cccc8ccccc78)cc6)cc5)cc4)cc3)cc2)CC1)c1cccc2ccccc12. The monoisotopic (exact) mass is 1230 g/mol. The molecule has 0 N–H and O–H groups in total. The molecule has 12 aromatic carbocycles. The number of hydrogen-bond acceptors (Lipinski definition) is 8. The van der Waals surface area contributed by atoms with E-state index in [1.54, 1.807) is 14.2 Å². The van der Waals surface area contributed by atoms with E-state index in [-0.39, 0.29) is 0 Å². The van der Waals surface area contributed by atoms with E-state index in [9.17, 15) is 0 Å². The first-order valence-corrected chi connectivity index (χ1v) is 32.3. The average molecular weight is 1230 g/mol. The second kappa shape index (κ2) is 28.4. The molecule has 1 aliphatic rings. The average Bonchev–Trinajstić information content (AvgIpc) is 0.815. The molecule has 8 heteroatoms. The van der Waals surface area contributed by atoms with Crippen LogP contribution in [0.15, 0.2) is 321 Å². The number of allylic oxidation sites excluding steroid dienone is 8. The fraction of sp³-hybridized carbons (Fsp3) is 0.116. The lowest BCUT2D eigenvalue weighted by Crippen LogP contribution is -2.21. The number of methoxy groups -OCH3 is 2. The van der Waals surface area contributed by atoms with E-state index in [1.165, 1.54) is 44.1 Å². The summed E-state index contributed by atoms with van der Waals surface area (Å²) in [4.78, 5) is 9.33. The normalized spacial score (nSPS) is 12.4. The summed E-state index contributed by atoms with van der Waals surface area (Å²) < 4.78 is 22.8. The van der Waals surface area contributed by atoms with Gasteiger partial charge in [-0.2, -0.15) is 0 Å². The van der Waals surface area contributed by atoms with Crippen LogP contribution in [0.1, 0.15) is 46.1 Å². The van der Waals surface area contributed by atoms with Gasteiger partial charge in [-0.25, -0.2) is 0 Å². The van der Waals surface area contributed by atoms with Crippen molar-refractivity contribution in [3.8, 4) is 39.5 Å². The van der Waals surface area contributed by atoms with Crippen LogP contribution in [0.25, 0.3) is 49.4 Å². The third-order valence-electron chi connectivity index (χ3n) is 17.4. The molecule has 0 heterocycles. The maximum Gasteiger partial charge on any atom is 0.119 e. The number of benzene rings is 12. The quantitative estimate of drug-likeness (QED) is 0.0491. The molecule has 13 rings (SSSR count). The Bertz CT molecular complexity index is 4680. The number of anilines is 10. The van der Waals surface area contributed by atoms with Gasteiger partial charge in [0.1, 0.15) is 17.2 Å². The Balaban J connectivity index is 0.753. The number of fused-ring (bicyclic) bond motifs is 2. The topological polar surface area (TPSA) is 49.9 Å². The highest BCUT2D eigenvalue weighted by molar-refractivity contribution is 5.99. The molecule has 0 unspecified atom stereocenters. The second-order valence-electron chi connectivity index (χ2n) is 23.3. The third-order valence-corrected chi connectivity index (χ3v) is 17.4. The summed E-state index contributed by atoms with van der Waals surface area (Å²) in [5.41, 5.74) is 20.0. The standard InChI is InChI=1S/C86H76N4O4/c1-7-93-62(4)24-23-61(3)87(85-21-13-17-69-15-9-11-19-83(69)85)71-37-25-63(26-38-71)64-27-39-72(40-28-64)88(76-49-55-80(91-5)56-50-76)73-41-29-65(30-42-73)66-31-43-74(44-32-66)89(77-51-57-81(92-6)58-52-77)75-45-33-67(34-46-75)68-35-47-78(48-36-68)90(79-53-59-82(60-54-79)94-8-2)86-22-14-18-70-16-10-12-20-84(70)86/h9-25,27-37,39-60H,7-8,26,38H2,1-6H3. The Morgan fingerprint density at radius 2 is 0.723 bits per heavy atom. The number of nitrogens with zero attached hydrogens (tertiary/aromatic N) is 4. The third kappa shape index (κ3) is 13.3. The number of rotatable bonds is 22. The first-order chi connectivity index (χ1) is 46.2. The molecule has 464 valence electrons. The Morgan fingerprint density at radius 3 is 1.13 bits per heavy atom. The van der Waals surface area contributed by atoms with Gasteiger partial charge in [0, 0.05) is 67.7 Å². The molecule has 1 aliphatic carbocycles. The molecule has 0 amide bonds. The lowest BCUT2D eigenvalue weighted by atomic mass is 9.94. The van der Waals surface area contributed by atoms with Gasteiger partial charge in [0.15, 0.2) is 0 Å². The Morgan fingerprint density at radius 1 is 0.351 bits per heavy atom. The minimum Gasteiger partial charge on any atom is -0.499 e. The predicted molar refractivity (Wildman–Crippen MR) is 394 cm³/mol. The van der Waals surface area contributed by atoms with Crippen LogP contribution in [0.3, 0.4) is 0 Å². The summed E-state index contributed by atoms with van der Waals surface area (Å²) in [6.07, 6.45) is 10.6. The first-order valence-electron chi connectivity index (χ1n) is 32.3. The molecule has 0 radical (unpaired) electrons. The van der Waals surface area contributed by atoms with Crippen molar-refractivity contribution in [2.75, 3.05) is 47.0 Å². The maximum absolute atomic E-state index is 5.83. The molecule has 94 heavy (non-hydrogen) atoms. The van der Waals surface area contributed by atoms with E-state index in [2.05, 4.69) is 293 Å². The van der Waals surface area contributed by atoms with E-state index in [0.717, 1.165) is 115 Å². The Labute approximate surface area is 553 Å². The highest BCUT2D eigenvalue weighted by Gasteiger charge is 2.22. The van der Waals surface area contributed by atoms with Crippen LogP contribution in [0.5, 0.6) is 17.2 Å². The van der Waals surface area contributed by atoms with Crippen molar-refractivity contribution in [1.29, 1.82) is 0 Å². The summed E-state index contributed by atoms with van der Waals surface area (Å²) in [6.45, 7) is 9.48. The van der Waals surface area contributed by atoms with Crippen LogP contribution in [0.2, 0.25) is 0 Å². The van der Waals surface area contributed by atoms with E-state index >= 15 is 0 Å². The minimum atomic E-state index is 0.618. The van der Waals surface area contributed by atoms with Crippen molar-refractivity contribution < 1.29 is 18.9 Å². The van der Waals surface area contributed by atoms with E-state index < -0.39 is 0 Å². The zero-order valence-electron chi connectivity index (χ0n) is 54.1. The van der Waals surface area contributed by atoms with Crippen LogP contribution in [-0.2, 0) is 4.74 Å². The summed E-state index contributed by atoms with van der Waals surface area (Å²) in [7, 11) is 3.41. The van der Waals surface area contributed by atoms with Crippen LogP contribution in [0.4, 0.5) is 56.9 Å². The van der Waals surface area contributed by atoms with Gasteiger partial charge in [-0.05, 0) is 249 Å². The van der Waals surface area contributed by atoms with E-state index in [1.807, 2.05) is 57.2 Å². The van der Waals surface area contributed by atoms with Gasteiger partial charge < -0.3 is 38.5 Å². The Hall–Kier alpha value is -11.5. The Kier molecular flexibility index (Phi) is 18.5. The van der Waals surface area contributed by atoms with E-state index in [0.29, 0.717) is 13.2 Å². The van der Waals surface area contributed by atoms with E-state index in [4.69, 9.17) is 18.9 Å². The minimum absolute atomic E-state index is 0.618. The maximum atomic E-state index is 5.83. The van der Waals surface area contributed by atoms with Gasteiger partial charge in [0.2, 0.25) is 0 Å². The van der Waals surface area contributed by atoms with Crippen LogP contribution in [0, 0.1) is 0 Å². The molecule has 0 fully saturated rings.